The van der Waals surface area contributed by atoms with Crippen LogP contribution in [0.15, 0.2) is 35.9 Å². The van der Waals surface area contributed by atoms with Crippen LogP contribution >= 0.6 is 0 Å². The SMILES string of the molecule is C/C=C(/CC)C(=O)c1ccc(C(C)C)cc1. The molecule has 1 rings (SSSR count). The van der Waals surface area contributed by atoms with Gasteiger partial charge in [-0.25, -0.2) is 0 Å². The minimum atomic E-state index is 0.153. The zero-order chi connectivity index (χ0) is 12.1. The van der Waals surface area contributed by atoms with E-state index in [-0.39, 0.29) is 5.78 Å². The summed E-state index contributed by atoms with van der Waals surface area (Å²) in [5.41, 5.74) is 2.95. The number of carbonyl (C=O) groups is 1. The van der Waals surface area contributed by atoms with Gasteiger partial charge in [-0.05, 0) is 30.4 Å². The number of Topliss-reactive ketones (excluding diaryl/α,β-unsaturated/α-hetero) is 1. The van der Waals surface area contributed by atoms with Crippen molar-refractivity contribution >= 4 is 5.78 Å². The van der Waals surface area contributed by atoms with Crippen LogP contribution in [0.5, 0.6) is 0 Å². The number of benzene rings is 1. The van der Waals surface area contributed by atoms with E-state index in [4.69, 9.17) is 0 Å². The van der Waals surface area contributed by atoms with Crippen LogP contribution in [0.1, 0.15) is 56.0 Å². The van der Waals surface area contributed by atoms with Gasteiger partial charge in [-0.15, -0.1) is 0 Å². The molecule has 86 valence electrons. The lowest BCUT2D eigenvalue weighted by molar-refractivity contribution is 0.103. The molecule has 0 aliphatic rings. The highest BCUT2D eigenvalue weighted by Gasteiger charge is 2.09. The Balaban J connectivity index is 2.94. The summed E-state index contributed by atoms with van der Waals surface area (Å²) in [7, 11) is 0. The molecule has 1 nitrogen and oxygen atoms in total. The van der Waals surface area contributed by atoms with Crippen LogP contribution in [-0.2, 0) is 0 Å². The number of carbonyl (C=O) groups excluding carboxylic acids is 1. The van der Waals surface area contributed by atoms with Gasteiger partial charge in [0.25, 0.3) is 0 Å². The van der Waals surface area contributed by atoms with Gasteiger partial charge in [0.2, 0.25) is 0 Å². The molecule has 0 amide bonds. The Morgan fingerprint density at radius 1 is 1.25 bits per heavy atom. The molecular formula is C15H20O. The first-order chi connectivity index (χ1) is 7.60. The van der Waals surface area contributed by atoms with E-state index in [1.54, 1.807) is 0 Å². The topological polar surface area (TPSA) is 17.1 Å². The molecule has 0 saturated carbocycles. The average molecular weight is 216 g/mol. The average Bonchev–Trinajstić information content (AvgIpc) is 2.30. The van der Waals surface area contributed by atoms with Crippen LogP contribution in [-0.4, -0.2) is 5.78 Å². The Hall–Kier alpha value is -1.37. The van der Waals surface area contributed by atoms with E-state index in [0.29, 0.717) is 5.92 Å². The summed E-state index contributed by atoms with van der Waals surface area (Å²) in [6, 6.07) is 7.94. The zero-order valence-corrected chi connectivity index (χ0v) is 10.6. The molecule has 16 heavy (non-hydrogen) atoms. The van der Waals surface area contributed by atoms with Gasteiger partial charge in [0.15, 0.2) is 5.78 Å². The summed E-state index contributed by atoms with van der Waals surface area (Å²) >= 11 is 0. The largest absolute Gasteiger partial charge is 0.289 e. The van der Waals surface area contributed by atoms with E-state index >= 15 is 0 Å². The number of hydrogen-bond acceptors (Lipinski definition) is 1. The molecule has 0 fully saturated rings. The normalized spacial score (nSPS) is 11.9. The van der Waals surface area contributed by atoms with Crippen molar-refractivity contribution < 1.29 is 4.79 Å². The molecule has 0 atom stereocenters. The smallest absolute Gasteiger partial charge is 0.188 e. The van der Waals surface area contributed by atoms with Gasteiger partial charge in [0.1, 0.15) is 0 Å². The molecule has 0 aliphatic carbocycles. The fourth-order valence-corrected chi connectivity index (χ4v) is 1.70. The summed E-state index contributed by atoms with van der Waals surface area (Å²) in [6.45, 7) is 8.23. The van der Waals surface area contributed by atoms with Crippen molar-refractivity contribution in [3.05, 3.63) is 47.0 Å². The predicted octanol–water partition coefficient (Wildman–Crippen LogP) is 4.35. The van der Waals surface area contributed by atoms with E-state index < -0.39 is 0 Å². The maximum Gasteiger partial charge on any atom is 0.188 e. The standard InChI is InChI=1S/C15H20O/c1-5-12(6-2)15(16)14-9-7-13(8-10-14)11(3)4/h5,7-11H,6H2,1-4H3/b12-5-. The lowest BCUT2D eigenvalue weighted by Crippen LogP contribution is -2.02. The van der Waals surface area contributed by atoms with Gasteiger partial charge in [-0.1, -0.05) is 51.1 Å². The second kappa shape index (κ2) is 5.64. The van der Waals surface area contributed by atoms with Crippen molar-refractivity contribution in [2.24, 2.45) is 0 Å². The highest BCUT2D eigenvalue weighted by atomic mass is 16.1. The quantitative estimate of drug-likeness (QED) is 0.540. The van der Waals surface area contributed by atoms with Crippen LogP contribution in [0.25, 0.3) is 0 Å². The van der Waals surface area contributed by atoms with Gasteiger partial charge in [-0.2, -0.15) is 0 Å². The highest BCUT2D eigenvalue weighted by Crippen LogP contribution is 2.17. The van der Waals surface area contributed by atoms with Crippen molar-refractivity contribution in [1.29, 1.82) is 0 Å². The summed E-state index contributed by atoms with van der Waals surface area (Å²) in [5.74, 6) is 0.664. The van der Waals surface area contributed by atoms with E-state index in [1.165, 1.54) is 5.56 Å². The molecule has 1 aromatic carbocycles. The molecule has 0 aliphatic heterocycles. The predicted molar refractivity (Wildman–Crippen MR) is 68.9 cm³/mol. The fraction of sp³-hybridized carbons (Fsp3) is 0.400. The second-order valence-electron chi connectivity index (χ2n) is 4.27. The summed E-state index contributed by atoms with van der Waals surface area (Å²) in [6.07, 6.45) is 2.69. The monoisotopic (exact) mass is 216 g/mol. The van der Waals surface area contributed by atoms with Gasteiger partial charge in [0.05, 0.1) is 0 Å². The highest BCUT2D eigenvalue weighted by molar-refractivity contribution is 6.08. The third-order valence-corrected chi connectivity index (χ3v) is 2.86. The van der Waals surface area contributed by atoms with Crippen LogP contribution in [0, 0.1) is 0 Å². The molecule has 1 heteroatoms. The molecule has 0 saturated heterocycles. The lowest BCUT2D eigenvalue weighted by Gasteiger charge is -2.07. The number of ketones is 1. The van der Waals surface area contributed by atoms with Crippen molar-refractivity contribution in [2.45, 2.75) is 40.0 Å². The third kappa shape index (κ3) is 2.82. The van der Waals surface area contributed by atoms with Gasteiger partial charge < -0.3 is 0 Å². The second-order valence-corrected chi connectivity index (χ2v) is 4.27. The van der Waals surface area contributed by atoms with E-state index in [0.717, 1.165) is 17.6 Å². The van der Waals surface area contributed by atoms with E-state index in [1.807, 2.05) is 44.2 Å². The number of allylic oxidation sites excluding steroid dienone is 2. The Bertz CT molecular complexity index is 382. The van der Waals surface area contributed by atoms with Gasteiger partial charge in [0, 0.05) is 5.56 Å². The fourth-order valence-electron chi connectivity index (χ4n) is 1.70. The first kappa shape index (κ1) is 12.7. The molecular weight excluding hydrogens is 196 g/mol. The van der Waals surface area contributed by atoms with E-state index in [9.17, 15) is 4.79 Å². The molecule has 1 aromatic rings. The first-order valence-corrected chi connectivity index (χ1v) is 5.90. The van der Waals surface area contributed by atoms with Crippen LogP contribution in [0.4, 0.5) is 0 Å². The maximum absolute atomic E-state index is 12.0. The Labute approximate surface area is 98.2 Å². The van der Waals surface area contributed by atoms with Crippen LogP contribution in [0.3, 0.4) is 0 Å². The minimum Gasteiger partial charge on any atom is -0.289 e. The van der Waals surface area contributed by atoms with Crippen molar-refractivity contribution in [2.75, 3.05) is 0 Å². The summed E-state index contributed by atoms with van der Waals surface area (Å²) in [5, 5.41) is 0. The van der Waals surface area contributed by atoms with Crippen molar-refractivity contribution in [3.63, 3.8) is 0 Å². The molecule has 0 heterocycles. The lowest BCUT2D eigenvalue weighted by atomic mass is 9.97. The van der Waals surface area contributed by atoms with Crippen molar-refractivity contribution in [1.82, 2.24) is 0 Å². The molecule has 0 radical (unpaired) electrons. The third-order valence-electron chi connectivity index (χ3n) is 2.86. The zero-order valence-electron chi connectivity index (χ0n) is 10.6. The number of hydrogen-bond donors (Lipinski definition) is 0. The summed E-state index contributed by atoms with van der Waals surface area (Å²) < 4.78 is 0. The Kier molecular flexibility index (Phi) is 4.48. The summed E-state index contributed by atoms with van der Waals surface area (Å²) in [4.78, 5) is 12.0. The molecule has 0 bridgehead atoms. The van der Waals surface area contributed by atoms with Gasteiger partial charge in [-0.3, -0.25) is 4.79 Å². The number of rotatable bonds is 4. The van der Waals surface area contributed by atoms with Crippen LogP contribution in [0.2, 0.25) is 0 Å². The minimum absolute atomic E-state index is 0.153. The first-order valence-electron chi connectivity index (χ1n) is 5.90. The molecule has 0 N–H and O–H groups in total. The van der Waals surface area contributed by atoms with Crippen molar-refractivity contribution in [3.8, 4) is 0 Å². The molecule has 0 spiro atoms. The van der Waals surface area contributed by atoms with Gasteiger partial charge >= 0.3 is 0 Å². The molecule has 0 aromatic heterocycles. The van der Waals surface area contributed by atoms with E-state index in [2.05, 4.69) is 13.8 Å². The maximum atomic E-state index is 12.0. The van der Waals surface area contributed by atoms with Crippen LogP contribution < -0.4 is 0 Å². The Morgan fingerprint density at radius 2 is 1.81 bits per heavy atom. The Morgan fingerprint density at radius 3 is 2.19 bits per heavy atom. The molecule has 0 unspecified atom stereocenters.